The standard InChI is InChI=1S/C17H19ClN6O2S2/c1-3-4-15-21-22-16(28-15)19-14(25)10-27-17-23-20-13(24(17)2)9-26-12-7-5-11(18)6-8-12/h5-8H,3-4,9-10H2,1-2H3,(H,19,22,25). The van der Waals surface area contributed by atoms with Gasteiger partial charge in [-0.3, -0.25) is 10.1 Å². The molecule has 0 saturated heterocycles. The van der Waals surface area contributed by atoms with Crippen molar-refractivity contribution in [2.45, 2.75) is 31.5 Å². The first kappa shape index (κ1) is 20.6. The zero-order valence-electron chi connectivity index (χ0n) is 15.4. The van der Waals surface area contributed by atoms with Gasteiger partial charge in [-0.25, -0.2) is 0 Å². The van der Waals surface area contributed by atoms with E-state index in [1.807, 2.05) is 7.05 Å². The summed E-state index contributed by atoms with van der Waals surface area (Å²) in [5, 5.41) is 21.7. The average molecular weight is 439 g/mol. The molecular weight excluding hydrogens is 420 g/mol. The Hall–Kier alpha value is -2.17. The summed E-state index contributed by atoms with van der Waals surface area (Å²) >= 11 is 8.56. The number of aromatic nitrogens is 5. The van der Waals surface area contributed by atoms with Gasteiger partial charge >= 0.3 is 0 Å². The van der Waals surface area contributed by atoms with E-state index in [1.54, 1.807) is 28.8 Å². The van der Waals surface area contributed by atoms with Crippen molar-refractivity contribution in [1.29, 1.82) is 0 Å². The summed E-state index contributed by atoms with van der Waals surface area (Å²) < 4.78 is 7.49. The molecule has 0 atom stereocenters. The van der Waals surface area contributed by atoms with Gasteiger partial charge < -0.3 is 9.30 Å². The molecule has 148 valence electrons. The van der Waals surface area contributed by atoms with Crippen LogP contribution in [0.2, 0.25) is 5.02 Å². The number of thioether (sulfide) groups is 1. The number of anilines is 1. The normalized spacial score (nSPS) is 10.8. The molecule has 0 aliphatic heterocycles. The van der Waals surface area contributed by atoms with Gasteiger partial charge in [-0.2, -0.15) is 0 Å². The van der Waals surface area contributed by atoms with Gasteiger partial charge in [0.2, 0.25) is 11.0 Å². The highest BCUT2D eigenvalue weighted by Gasteiger charge is 2.13. The number of ether oxygens (including phenoxy) is 1. The van der Waals surface area contributed by atoms with E-state index in [1.165, 1.54) is 23.1 Å². The number of carbonyl (C=O) groups excluding carboxylic acids is 1. The van der Waals surface area contributed by atoms with Crippen LogP contribution in [0.1, 0.15) is 24.2 Å². The highest BCUT2D eigenvalue weighted by Crippen LogP contribution is 2.20. The van der Waals surface area contributed by atoms with Gasteiger partial charge in [-0.15, -0.1) is 20.4 Å². The maximum atomic E-state index is 12.1. The molecule has 3 aromatic rings. The fourth-order valence-electron chi connectivity index (χ4n) is 2.18. The quantitative estimate of drug-likeness (QED) is 0.510. The fraction of sp³-hybridized carbons (Fsp3) is 0.353. The highest BCUT2D eigenvalue weighted by molar-refractivity contribution is 7.99. The molecule has 2 heterocycles. The summed E-state index contributed by atoms with van der Waals surface area (Å²) in [6, 6.07) is 7.10. The lowest BCUT2D eigenvalue weighted by Crippen LogP contribution is -2.14. The zero-order valence-corrected chi connectivity index (χ0v) is 17.8. The summed E-state index contributed by atoms with van der Waals surface area (Å²) in [7, 11) is 1.84. The van der Waals surface area contributed by atoms with Crippen LogP contribution >= 0.6 is 34.7 Å². The summed E-state index contributed by atoms with van der Waals surface area (Å²) in [5.74, 6) is 1.39. The second-order valence-corrected chi connectivity index (χ2v) is 8.23. The molecule has 0 aliphatic carbocycles. The molecule has 8 nitrogen and oxygen atoms in total. The van der Waals surface area contributed by atoms with Crippen LogP contribution in [-0.4, -0.2) is 36.6 Å². The van der Waals surface area contributed by atoms with Crippen LogP contribution in [0.3, 0.4) is 0 Å². The Bertz CT molecular complexity index is 928. The average Bonchev–Trinajstić information content (AvgIpc) is 3.26. The molecule has 1 amide bonds. The molecule has 0 bridgehead atoms. The number of rotatable bonds is 9. The Labute approximate surface area is 175 Å². The second-order valence-electron chi connectivity index (χ2n) is 5.79. The van der Waals surface area contributed by atoms with E-state index in [-0.39, 0.29) is 18.3 Å². The van der Waals surface area contributed by atoms with Crippen LogP contribution in [0.4, 0.5) is 5.13 Å². The Morgan fingerprint density at radius 1 is 1.25 bits per heavy atom. The second kappa shape index (κ2) is 9.85. The topological polar surface area (TPSA) is 94.8 Å². The Morgan fingerprint density at radius 2 is 2.04 bits per heavy atom. The van der Waals surface area contributed by atoms with E-state index >= 15 is 0 Å². The van der Waals surface area contributed by atoms with Crippen LogP contribution in [0, 0.1) is 0 Å². The fourth-order valence-corrected chi connectivity index (χ4v) is 3.89. The number of hydrogen-bond donors (Lipinski definition) is 1. The van der Waals surface area contributed by atoms with E-state index in [9.17, 15) is 4.79 Å². The van der Waals surface area contributed by atoms with Crippen molar-refractivity contribution in [1.82, 2.24) is 25.0 Å². The van der Waals surface area contributed by atoms with Crippen molar-refractivity contribution in [3.05, 3.63) is 40.1 Å². The van der Waals surface area contributed by atoms with E-state index in [2.05, 4.69) is 32.6 Å². The molecule has 0 saturated carbocycles. The van der Waals surface area contributed by atoms with Gasteiger partial charge in [-0.1, -0.05) is 41.6 Å². The molecule has 0 spiro atoms. The van der Waals surface area contributed by atoms with E-state index in [0.717, 1.165) is 17.8 Å². The van der Waals surface area contributed by atoms with Gasteiger partial charge in [0.25, 0.3) is 0 Å². The van der Waals surface area contributed by atoms with Gasteiger partial charge in [0.15, 0.2) is 11.0 Å². The molecule has 0 aliphatic rings. The number of carbonyl (C=O) groups is 1. The lowest BCUT2D eigenvalue weighted by atomic mass is 10.3. The predicted molar refractivity (Wildman–Crippen MR) is 110 cm³/mol. The lowest BCUT2D eigenvalue weighted by Gasteiger charge is -2.06. The molecular formula is C17H19ClN6O2S2. The first-order valence-corrected chi connectivity index (χ1v) is 10.7. The SMILES string of the molecule is CCCc1nnc(NC(=O)CSc2nnc(COc3ccc(Cl)cc3)n2C)s1. The zero-order chi connectivity index (χ0) is 19.9. The van der Waals surface area contributed by atoms with Gasteiger partial charge in [-0.05, 0) is 30.7 Å². The van der Waals surface area contributed by atoms with Crippen LogP contribution in [0.5, 0.6) is 5.75 Å². The number of benzene rings is 1. The number of aryl methyl sites for hydroxylation is 1. The summed E-state index contributed by atoms with van der Waals surface area (Å²) in [5.41, 5.74) is 0. The van der Waals surface area contributed by atoms with Crippen molar-refractivity contribution in [2.24, 2.45) is 7.05 Å². The predicted octanol–water partition coefficient (Wildman–Crippen LogP) is 3.58. The summed E-state index contributed by atoms with van der Waals surface area (Å²) in [6.07, 6.45) is 1.86. The van der Waals surface area contributed by atoms with Crippen LogP contribution in [0.15, 0.2) is 29.4 Å². The molecule has 2 aromatic heterocycles. The minimum atomic E-state index is -0.161. The number of nitrogens with one attached hydrogen (secondary N) is 1. The molecule has 0 unspecified atom stereocenters. The number of halogens is 1. The molecule has 3 rings (SSSR count). The van der Waals surface area contributed by atoms with E-state index in [4.69, 9.17) is 16.3 Å². The molecule has 0 radical (unpaired) electrons. The van der Waals surface area contributed by atoms with Crippen LogP contribution in [-0.2, 0) is 24.9 Å². The maximum absolute atomic E-state index is 12.1. The first-order valence-electron chi connectivity index (χ1n) is 8.56. The van der Waals surface area contributed by atoms with Crippen LogP contribution in [0.25, 0.3) is 0 Å². The Balaban J connectivity index is 1.49. The lowest BCUT2D eigenvalue weighted by molar-refractivity contribution is -0.113. The van der Waals surface area contributed by atoms with Gasteiger partial charge in [0.05, 0.1) is 5.75 Å². The number of nitrogens with zero attached hydrogens (tertiary/aromatic N) is 5. The van der Waals surface area contributed by atoms with Crippen LogP contribution < -0.4 is 10.1 Å². The van der Waals surface area contributed by atoms with Gasteiger partial charge in [0.1, 0.15) is 17.4 Å². The smallest absolute Gasteiger partial charge is 0.236 e. The van der Waals surface area contributed by atoms with Crippen molar-refractivity contribution in [3.8, 4) is 5.75 Å². The first-order chi connectivity index (χ1) is 13.5. The Kier molecular flexibility index (Phi) is 7.24. The monoisotopic (exact) mass is 438 g/mol. The molecule has 28 heavy (non-hydrogen) atoms. The minimum Gasteiger partial charge on any atom is -0.486 e. The third kappa shape index (κ3) is 5.66. The van der Waals surface area contributed by atoms with Crippen molar-refractivity contribution >= 4 is 45.7 Å². The summed E-state index contributed by atoms with van der Waals surface area (Å²) in [6.45, 7) is 2.34. The van der Waals surface area contributed by atoms with Crippen molar-refractivity contribution in [3.63, 3.8) is 0 Å². The molecule has 1 aromatic carbocycles. The summed E-state index contributed by atoms with van der Waals surface area (Å²) in [4.78, 5) is 12.1. The number of hydrogen-bond acceptors (Lipinski definition) is 8. The minimum absolute atomic E-state index is 0.161. The maximum Gasteiger partial charge on any atom is 0.236 e. The molecule has 0 fully saturated rings. The molecule has 1 N–H and O–H groups in total. The molecule has 11 heteroatoms. The van der Waals surface area contributed by atoms with Crippen molar-refractivity contribution < 1.29 is 9.53 Å². The highest BCUT2D eigenvalue weighted by atomic mass is 35.5. The third-order valence-electron chi connectivity index (χ3n) is 3.62. The van der Waals surface area contributed by atoms with E-state index in [0.29, 0.717) is 26.9 Å². The number of amides is 1. The van der Waals surface area contributed by atoms with Crippen molar-refractivity contribution in [2.75, 3.05) is 11.1 Å². The Morgan fingerprint density at radius 3 is 2.79 bits per heavy atom. The van der Waals surface area contributed by atoms with Gasteiger partial charge in [0, 0.05) is 18.5 Å². The van der Waals surface area contributed by atoms with E-state index < -0.39 is 0 Å². The largest absolute Gasteiger partial charge is 0.486 e. The third-order valence-corrected chi connectivity index (χ3v) is 5.79.